The third-order valence-electron chi connectivity index (χ3n) is 15.6. The van der Waals surface area contributed by atoms with Gasteiger partial charge in [0.05, 0.1) is 73.0 Å². The van der Waals surface area contributed by atoms with Gasteiger partial charge >= 0.3 is 11.9 Å². The van der Waals surface area contributed by atoms with Crippen LogP contribution in [0.1, 0.15) is 136 Å². The van der Waals surface area contributed by atoms with E-state index in [2.05, 4.69) is 10.6 Å². The number of halogens is 2. The molecule has 0 saturated heterocycles. The van der Waals surface area contributed by atoms with Gasteiger partial charge in [-0.25, -0.2) is 8.78 Å². The third-order valence-corrected chi connectivity index (χ3v) is 15.6. The largest absolute Gasteiger partial charge is 0.494 e. The lowest BCUT2D eigenvalue weighted by Gasteiger charge is -2.20. The molecule has 0 saturated carbocycles. The molecule has 474 valence electrons. The van der Waals surface area contributed by atoms with E-state index in [-0.39, 0.29) is 62.4 Å². The van der Waals surface area contributed by atoms with Crippen molar-refractivity contribution in [1.82, 2.24) is 9.13 Å². The number of aromatic nitrogens is 2. The molecule has 0 bridgehead atoms. The van der Waals surface area contributed by atoms with Crippen LogP contribution < -0.4 is 20.1 Å². The van der Waals surface area contributed by atoms with Crippen molar-refractivity contribution in [3.05, 3.63) is 192 Å². The number of nitrogens with one attached hydrogen (secondary N) is 2. The minimum absolute atomic E-state index is 0.140. The smallest absolute Gasteiger partial charge is 0.305 e. The number of aliphatic hydroxyl groups excluding tert-OH is 4. The molecule has 2 heterocycles. The second-order valence-corrected chi connectivity index (χ2v) is 23.3. The van der Waals surface area contributed by atoms with Gasteiger partial charge in [0, 0.05) is 47.0 Å². The summed E-state index contributed by atoms with van der Waals surface area (Å²) in [5.41, 5.74) is 8.60. The lowest BCUT2D eigenvalue weighted by Crippen LogP contribution is -2.22. The van der Waals surface area contributed by atoms with Crippen LogP contribution in [0, 0.1) is 11.6 Å². The number of anilines is 2. The average Bonchev–Trinajstić information content (AvgIpc) is 1.61. The molecule has 2 aromatic heterocycles. The quantitative estimate of drug-likeness (QED) is 0.0179. The molecule has 8 aromatic rings. The molecular formula is C72H80F2N4O12. The Labute approximate surface area is 523 Å². The number of carbonyl (C=O) groups is 4. The van der Waals surface area contributed by atoms with E-state index in [9.17, 15) is 58.6 Å². The highest BCUT2D eigenvalue weighted by Gasteiger charge is 2.33. The summed E-state index contributed by atoms with van der Waals surface area (Å²) in [5, 5.41) is 67.1. The Morgan fingerprint density at radius 3 is 1.11 bits per heavy atom. The summed E-state index contributed by atoms with van der Waals surface area (Å²) in [5.74, 6) is -3.10. The molecule has 0 fully saturated rings. The van der Waals surface area contributed by atoms with Crippen molar-refractivity contribution in [2.24, 2.45) is 0 Å². The second kappa shape index (κ2) is 32.0. The number of rotatable bonds is 33. The van der Waals surface area contributed by atoms with Gasteiger partial charge in [0.25, 0.3) is 11.8 Å². The molecule has 16 nitrogen and oxygen atoms in total. The van der Waals surface area contributed by atoms with E-state index in [1.54, 1.807) is 72.8 Å². The molecule has 6 aromatic carbocycles. The van der Waals surface area contributed by atoms with Gasteiger partial charge in [-0.3, -0.25) is 19.2 Å². The van der Waals surface area contributed by atoms with Gasteiger partial charge in [-0.2, -0.15) is 0 Å². The summed E-state index contributed by atoms with van der Waals surface area (Å²) in [6.07, 6.45) is -2.23. The van der Waals surface area contributed by atoms with E-state index in [1.807, 2.05) is 97.5 Å². The number of carboxylic acids is 2. The van der Waals surface area contributed by atoms with Gasteiger partial charge in [0.2, 0.25) is 0 Å². The number of carboxylic acid groups (broad SMARTS) is 2. The minimum atomic E-state index is -1.24. The predicted octanol–water partition coefficient (Wildman–Crippen LogP) is 14.0. The molecule has 2 amide bonds. The fourth-order valence-electron chi connectivity index (χ4n) is 11.6. The van der Waals surface area contributed by atoms with Crippen LogP contribution in [-0.2, 0) is 22.7 Å². The summed E-state index contributed by atoms with van der Waals surface area (Å²) < 4.78 is 44.9. The molecule has 18 heteroatoms. The van der Waals surface area contributed by atoms with Gasteiger partial charge < -0.3 is 59.9 Å². The number of aliphatic hydroxyl groups is 4. The molecular weight excluding hydrogens is 1150 g/mol. The first kappa shape index (κ1) is 67.0. The van der Waals surface area contributed by atoms with E-state index < -0.39 is 60.8 Å². The number of benzene rings is 6. The summed E-state index contributed by atoms with van der Waals surface area (Å²) in [6.45, 7) is 9.24. The maximum atomic E-state index is 14.7. The molecule has 0 aliphatic heterocycles. The average molecular weight is 1230 g/mol. The van der Waals surface area contributed by atoms with Crippen molar-refractivity contribution in [2.45, 2.75) is 141 Å². The van der Waals surface area contributed by atoms with Gasteiger partial charge in [0.1, 0.15) is 23.1 Å². The van der Waals surface area contributed by atoms with E-state index in [4.69, 9.17) is 9.47 Å². The minimum Gasteiger partial charge on any atom is -0.494 e. The van der Waals surface area contributed by atoms with Gasteiger partial charge in [-0.15, -0.1) is 0 Å². The Morgan fingerprint density at radius 1 is 0.444 bits per heavy atom. The normalized spacial score (nSPS) is 12.8. The van der Waals surface area contributed by atoms with Crippen LogP contribution in [0.5, 0.6) is 11.5 Å². The monoisotopic (exact) mass is 1230 g/mol. The number of hydrogen-bond donors (Lipinski definition) is 8. The van der Waals surface area contributed by atoms with E-state index >= 15 is 0 Å². The topological polar surface area (TPSA) is 242 Å². The fraction of sp³-hybridized carbons (Fsp3) is 0.333. The van der Waals surface area contributed by atoms with Crippen LogP contribution in [-0.4, -0.2) is 101 Å². The van der Waals surface area contributed by atoms with Gasteiger partial charge in [-0.1, -0.05) is 88.4 Å². The number of hydrogen-bond acceptors (Lipinski definition) is 10. The first-order chi connectivity index (χ1) is 43.3. The van der Waals surface area contributed by atoms with Crippen molar-refractivity contribution in [3.63, 3.8) is 0 Å². The number of nitrogens with zero attached hydrogens (tertiary/aromatic N) is 2. The first-order valence-electron chi connectivity index (χ1n) is 30.7. The molecule has 0 aliphatic rings. The molecule has 8 N–H and O–H groups in total. The van der Waals surface area contributed by atoms with E-state index in [0.717, 1.165) is 36.8 Å². The summed E-state index contributed by atoms with van der Waals surface area (Å²) in [4.78, 5) is 51.9. The molecule has 2 unspecified atom stereocenters. The standard InChI is InChI=1S/C72H80F2N4O12/c1-45(2)67-65(63(47-15-9-7-10-16-47)69(49-19-23-51(73)24-20-49)77(67)37-35-55(79)41-57(81)43-61(83)84)71(87)75-53-27-31-59(32-28-53)89-39-13-5-6-14-40-90-60-33-29-54(30-34-60)76-72(88)66-64(48-17-11-8-12-18-48)70(50-21-25-52(74)26-22-50)78(68(66)46(3)4)38-36-56(80)42-58(82)44-62(85)86/h7-12,15-34,45-46,55-58,79-82H,5-6,13-14,35-44H2,1-4H3,(H,75,87)(H,76,88)(H,83,84)(H,85,86)/t55-,56?,57-,58?/m1/s1. The zero-order valence-electron chi connectivity index (χ0n) is 51.2. The Bertz CT molecular complexity index is 3410. The Morgan fingerprint density at radius 2 is 0.789 bits per heavy atom. The Hall–Kier alpha value is -8.94. The van der Waals surface area contributed by atoms with Crippen molar-refractivity contribution >= 4 is 35.1 Å². The van der Waals surface area contributed by atoms with Crippen LogP contribution in [0.4, 0.5) is 20.2 Å². The summed E-state index contributed by atoms with van der Waals surface area (Å²) in [7, 11) is 0. The zero-order chi connectivity index (χ0) is 64.4. The molecule has 90 heavy (non-hydrogen) atoms. The summed E-state index contributed by atoms with van der Waals surface area (Å²) in [6, 6.07) is 45.2. The molecule has 0 radical (unpaired) electrons. The number of amides is 2. The fourth-order valence-corrected chi connectivity index (χ4v) is 11.6. The maximum absolute atomic E-state index is 14.7. The van der Waals surface area contributed by atoms with E-state index in [1.165, 1.54) is 24.3 Å². The number of unbranched alkanes of at least 4 members (excludes halogenated alkanes) is 3. The predicted molar refractivity (Wildman–Crippen MR) is 344 cm³/mol. The van der Waals surface area contributed by atoms with Crippen molar-refractivity contribution in [1.29, 1.82) is 0 Å². The molecule has 4 atom stereocenters. The van der Waals surface area contributed by atoms with Crippen molar-refractivity contribution < 1.29 is 68.1 Å². The lowest BCUT2D eigenvalue weighted by molar-refractivity contribution is -0.140. The summed E-state index contributed by atoms with van der Waals surface area (Å²) >= 11 is 0. The first-order valence-corrected chi connectivity index (χ1v) is 30.7. The van der Waals surface area contributed by atoms with Crippen LogP contribution >= 0.6 is 0 Å². The molecule has 0 aliphatic carbocycles. The number of ether oxygens (including phenoxy) is 2. The Kier molecular flexibility index (Phi) is 23.8. The maximum Gasteiger partial charge on any atom is 0.305 e. The highest BCUT2D eigenvalue weighted by molar-refractivity contribution is 6.13. The SMILES string of the molecule is CC(C)c1c(C(=O)Nc2ccc(OCCCCCCOc3ccc(NC(=O)c4c(-c5ccccc5)c(-c5ccc(F)cc5)n(CC[C@@H](O)C[C@@H](O)CC(=O)O)c4C(C)C)cc3)cc2)c(-c2ccccc2)c(-c2ccc(F)cc2)n1CCC(O)CC(O)CC(=O)O. The zero-order valence-corrected chi connectivity index (χ0v) is 51.2. The van der Waals surface area contributed by atoms with Crippen molar-refractivity contribution in [3.8, 4) is 56.3 Å². The second-order valence-electron chi connectivity index (χ2n) is 23.3. The van der Waals surface area contributed by atoms with Crippen molar-refractivity contribution in [2.75, 3.05) is 23.8 Å². The van der Waals surface area contributed by atoms with Crippen LogP contribution in [0.3, 0.4) is 0 Å². The Balaban J connectivity index is 0.866. The molecule has 0 spiro atoms. The lowest BCUT2D eigenvalue weighted by atomic mass is 9.94. The van der Waals surface area contributed by atoms with Gasteiger partial charge in [-0.05, 0) is 183 Å². The van der Waals surface area contributed by atoms with Crippen LogP contribution in [0.25, 0.3) is 44.8 Å². The molecule has 8 rings (SSSR count). The highest BCUT2D eigenvalue weighted by Crippen LogP contribution is 2.45. The van der Waals surface area contributed by atoms with Crippen LogP contribution in [0.15, 0.2) is 158 Å². The number of carbonyl (C=O) groups excluding carboxylic acids is 2. The third kappa shape index (κ3) is 17.9. The highest BCUT2D eigenvalue weighted by atomic mass is 19.1. The van der Waals surface area contributed by atoms with Crippen LogP contribution in [0.2, 0.25) is 0 Å². The number of aliphatic carboxylic acids is 2. The van der Waals surface area contributed by atoms with Gasteiger partial charge in [0.15, 0.2) is 0 Å². The van der Waals surface area contributed by atoms with E-state index in [0.29, 0.717) is 92.2 Å².